The SMILES string of the molecule is CC(C)c1cc(C(=O)NCCc2cn3ccsc3n2)no1. The summed E-state index contributed by atoms with van der Waals surface area (Å²) in [6.07, 6.45) is 4.64. The average Bonchev–Trinajstić information content (AvgIpc) is 3.13. The summed E-state index contributed by atoms with van der Waals surface area (Å²) in [5.41, 5.74) is 1.29. The van der Waals surface area contributed by atoms with Crippen LogP contribution < -0.4 is 5.32 Å². The van der Waals surface area contributed by atoms with E-state index in [2.05, 4.69) is 15.5 Å². The van der Waals surface area contributed by atoms with Gasteiger partial charge in [0.25, 0.3) is 5.91 Å². The molecular weight excluding hydrogens is 288 g/mol. The number of nitrogens with one attached hydrogen (secondary N) is 1. The molecule has 3 aromatic rings. The second kappa shape index (κ2) is 5.69. The van der Waals surface area contributed by atoms with Gasteiger partial charge in [0, 0.05) is 42.7 Å². The summed E-state index contributed by atoms with van der Waals surface area (Å²) < 4.78 is 7.10. The van der Waals surface area contributed by atoms with E-state index >= 15 is 0 Å². The zero-order chi connectivity index (χ0) is 14.8. The van der Waals surface area contributed by atoms with Crippen molar-refractivity contribution in [2.75, 3.05) is 6.54 Å². The van der Waals surface area contributed by atoms with Crippen LogP contribution in [0.4, 0.5) is 0 Å². The fourth-order valence-electron chi connectivity index (χ4n) is 1.96. The van der Waals surface area contributed by atoms with Crippen LogP contribution in [0.5, 0.6) is 0 Å². The van der Waals surface area contributed by atoms with E-state index in [1.54, 1.807) is 17.4 Å². The van der Waals surface area contributed by atoms with Gasteiger partial charge >= 0.3 is 0 Å². The number of carbonyl (C=O) groups is 1. The lowest BCUT2D eigenvalue weighted by atomic mass is 10.1. The summed E-state index contributed by atoms with van der Waals surface area (Å²) in [5, 5.41) is 8.60. The van der Waals surface area contributed by atoms with Gasteiger partial charge in [-0.1, -0.05) is 19.0 Å². The fraction of sp³-hybridized carbons (Fsp3) is 0.357. The summed E-state index contributed by atoms with van der Waals surface area (Å²) in [5.74, 6) is 0.721. The topological polar surface area (TPSA) is 72.4 Å². The zero-order valence-electron chi connectivity index (χ0n) is 11.9. The summed E-state index contributed by atoms with van der Waals surface area (Å²) >= 11 is 1.59. The molecule has 0 aliphatic rings. The first-order valence-electron chi connectivity index (χ1n) is 6.79. The number of carbonyl (C=O) groups excluding carboxylic acids is 1. The molecule has 6 nitrogen and oxygen atoms in total. The Bertz CT molecular complexity index is 727. The van der Waals surface area contributed by atoms with Crippen molar-refractivity contribution in [2.24, 2.45) is 0 Å². The number of aromatic nitrogens is 3. The van der Waals surface area contributed by atoms with Crippen molar-refractivity contribution in [3.8, 4) is 0 Å². The molecule has 0 fully saturated rings. The van der Waals surface area contributed by atoms with E-state index in [9.17, 15) is 4.79 Å². The summed E-state index contributed by atoms with van der Waals surface area (Å²) in [7, 11) is 0. The predicted molar refractivity (Wildman–Crippen MR) is 79.7 cm³/mol. The Morgan fingerprint density at radius 1 is 1.52 bits per heavy atom. The van der Waals surface area contributed by atoms with E-state index < -0.39 is 0 Å². The number of imidazole rings is 1. The molecule has 0 saturated carbocycles. The van der Waals surface area contributed by atoms with Crippen LogP contribution in [-0.2, 0) is 6.42 Å². The Labute approximate surface area is 125 Å². The Morgan fingerprint density at radius 2 is 2.38 bits per heavy atom. The van der Waals surface area contributed by atoms with Gasteiger partial charge in [-0.25, -0.2) is 4.98 Å². The molecule has 3 aromatic heterocycles. The van der Waals surface area contributed by atoms with E-state index in [0.717, 1.165) is 16.4 Å². The monoisotopic (exact) mass is 304 g/mol. The highest BCUT2D eigenvalue weighted by Gasteiger charge is 2.14. The largest absolute Gasteiger partial charge is 0.360 e. The molecule has 0 aliphatic carbocycles. The lowest BCUT2D eigenvalue weighted by Gasteiger charge is -2.00. The number of rotatable bonds is 5. The van der Waals surface area contributed by atoms with Crippen LogP contribution in [-0.4, -0.2) is 27.0 Å². The standard InChI is InChI=1S/C14H16N4O2S/c1-9(2)12-7-11(17-20-12)13(19)15-4-3-10-8-18-5-6-21-14(18)16-10/h5-9H,3-4H2,1-2H3,(H,15,19). The van der Waals surface area contributed by atoms with Crippen LogP contribution in [0.3, 0.4) is 0 Å². The molecule has 0 atom stereocenters. The minimum absolute atomic E-state index is 0.216. The van der Waals surface area contributed by atoms with Crippen molar-refractivity contribution in [2.45, 2.75) is 26.2 Å². The highest BCUT2D eigenvalue weighted by molar-refractivity contribution is 7.15. The van der Waals surface area contributed by atoms with Crippen molar-refractivity contribution in [3.05, 3.63) is 41.0 Å². The number of nitrogens with zero attached hydrogens (tertiary/aromatic N) is 3. The lowest BCUT2D eigenvalue weighted by molar-refractivity contribution is 0.0945. The van der Waals surface area contributed by atoms with Crippen LogP contribution in [0.1, 0.15) is 41.7 Å². The van der Waals surface area contributed by atoms with E-state index in [-0.39, 0.29) is 11.8 Å². The maximum absolute atomic E-state index is 11.9. The number of hydrogen-bond donors (Lipinski definition) is 1. The van der Waals surface area contributed by atoms with Gasteiger partial charge in [-0.2, -0.15) is 0 Å². The first-order chi connectivity index (χ1) is 10.1. The van der Waals surface area contributed by atoms with Gasteiger partial charge in [0.05, 0.1) is 5.69 Å². The summed E-state index contributed by atoms with van der Waals surface area (Å²) in [6.45, 7) is 4.51. The zero-order valence-corrected chi connectivity index (χ0v) is 12.7. The van der Waals surface area contributed by atoms with Gasteiger partial charge < -0.3 is 9.84 Å². The summed E-state index contributed by atoms with van der Waals surface area (Å²) in [4.78, 5) is 17.4. The van der Waals surface area contributed by atoms with E-state index in [4.69, 9.17) is 4.52 Å². The maximum atomic E-state index is 11.9. The van der Waals surface area contributed by atoms with Crippen LogP contribution in [0.25, 0.3) is 4.96 Å². The first kappa shape index (κ1) is 13.8. The van der Waals surface area contributed by atoms with Crippen LogP contribution >= 0.6 is 11.3 Å². The van der Waals surface area contributed by atoms with Crippen LogP contribution in [0, 0.1) is 0 Å². The maximum Gasteiger partial charge on any atom is 0.273 e. The molecule has 3 rings (SSSR count). The molecule has 0 unspecified atom stereocenters. The molecule has 0 aromatic carbocycles. The van der Waals surface area contributed by atoms with E-state index in [1.165, 1.54) is 0 Å². The van der Waals surface area contributed by atoms with Crippen molar-refractivity contribution in [1.29, 1.82) is 0 Å². The van der Waals surface area contributed by atoms with Crippen molar-refractivity contribution >= 4 is 22.2 Å². The molecule has 0 saturated heterocycles. The highest BCUT2D eigenvalue weighted by Crippen LogP contribution is 2.15. The molecule has 3 heterocycles. The van der Waals surface area contributed by atoms with E-state index in [0.29, 0.717) is 18.7 Å². The van der Waals surface area contributed by atoms with Crippen LogP contribution in [0.2, 0.25) is 0 Å². The highest BCUT2D eigenvalue weighted by atomic mass is 32.1. The molecule has 1 N–H and O–H groups in total. The van der Waals surface area contributed by atoms with E-state index in [1.807, 2.05) is 36.0 Å². The first-order valence-corrected chi connectivity index (χ1v) is 7.67. The normalized spacial score (nSPS) is 11.4. The third-order valence-electron chi connectivity index (χ3n) is 3.14. The molecule has 0 spiro atoms. The lowest BCUT2D eigenvalue weighted by Crippen LogP contribution is -2.26. The Hall–Kier alpha value is -2.15. The Kier molecular flexibility index (Phi) is 3.74. The molecule has 7 heteroatoms. The van der Waals surface area contributed by atoms with Gasteiger partial charge in [0.2, 0.25) is 0 Å². The fourth-order valence-corrected chi connectivity index (χ4v) is 2.68. The molecule has 21 heavy (non-hydrogen) atoms. The van der Waals surface area contributed by atoms with Gasteiger partial charge in [0.1, 0.15) is 5.76 Å². The molecule has 1 amide bonds. The number of thiazole rings is 1. The quantitative estimate of drug-likeness (QED) is 0.786. The Morgan fingerprint density at radius 3 is 3.10 bits per heavy atom. The van der Waals surface area contributed by atoms with Gasteiger partial charge in [0.15, 0.2) is 10.7 Å². The third-order valence-corrected chi connectivity index (χ3v) is 3.91. The predicted octanol–water partition coefficient (Wildman–Crippen LogP) is 2.48. The van der Waals surface area contributed by atoms with Crippen molar-refractivity contribution < 1.29 is 9.32 Å². The van der Waals surface area contributed by atoms with Crippen molar-refractivity contribution in [1.82, 2.24) is 19.9 Å². The average molecular weight is 304 g/mol. The second-order valence-corrected chi connectivity index (χ2v) is 5.97. The molecule has 110 valence electrons. The molecule has 0 radical (unpaired) electrons. The van der Waals surface area contributed by atoms with Gasteiger partial charge in [-0.3, -0.25) is 9.20 Å². The second-order valence-electron chi connectivity index (χ2n) is 5.10. The third kappa shape index (κ3) is 2.97. The number of amides is 1. The van der Waals surface area contributed by atoms with Gasteiger partial charge in [-0.05, 0) is 0 Å². The number of hydrogen-bond acceptors (Lipinski definition) is 5. The minimum atomic E-state index is -0.216. The number of fused-ring (bicyclic) bond motifs is 1. The van der Waals surface area contributed by atoms with Crippen molar-refractivity contribution in [3.63, 3.8) is 0 Å². The van der Waals surface area contributed by atoms with Gasteiger partial charge in [-0.15, -0.1) is 11.3 Å². The smallest absolute Gasteiger partial charge is 0.273 e. The summed E-state index contributed by atoms with van der Waals surface area (Å²) in [6, 6.07) is 1.69. The molecule has 0 bridgehead atoms. The molecular formula is C14H16N4O2S. The minimum Gasteiger partial charge on any atom is -0.360 e. The molecule has 0 aliphatic heterocycles. The Balaban J connectivity index is 1.54. The van der Waals surface area contributed by atoms with Crippen LogP contribution in [0.15, 0.2) is 28.4 Å².